The molecule has 3 aromatic carbocycles. The zero-order valence-electron chi connectivity index (χ0n) is 18.2. The molecule has 1 atom stereocenters. The molecule has 0 saturated carbocycles. The summed E-state index contributed by atoms with van der Waals surface area (Å²) in [5.74, 6) is -1.26. The summed E-state index contributed by atoms with van der Waals surface area (Å²) in [7, 11) is 1.65. The van der Waals surface area contributed by atoms with E-state index in [9.17, 15) is 19.2 Å². The number of nitrogens with one attached hydrogen (secondary N) is 1. The number of carbonyl (C=O) groups excluding carboxylic acids is 4. The van der Waals surface area contributed by atoms with Gasteiger partial charge in [-0.2, -0.15) is 0 Å². The molecule has 0 radical (unpaired) electrons. The van der Waals surface area contributed by atoms with Gasteiger partial charge in [-0.1, -0.05) is 48.5 Å². The topological polar surface area (TPSA) is 90.0 Å². The third kappa shape index (κ3) is 3.22. The molecule has 1 unspecified atom stereocenters. The zero-order valence-corrected chi connectivity index (χ0v) is 18.2. The van der Waals surface area contributed by atoms with Crippen molar-refractivity contribution in [3.05, 3.63) is 72.3 Å². The molecule has 1 fully saturated rings. The van der Waals surface area contributed by atoms with Gasteiger partial charge in [0.1, 0.15) is 18.6 Å². The van der Waals surface area contributed by atoms with E-state index in [4.69, 9.17) is 0 Å². The number of urea groups is 1. The zero-order chi connectivity index (χ0) is 23.3. The van der Waals surface area contributed by atoms with Gasteiger partial charge >= 0.3 is 6.03 Å². The molecule has 1 N–H and O–H groups in total. The van der Waals surface area contributed by atoms with Gasteiger partial charge in [-0.3, -0.25) is 24.2 Å². The second-order valence-electron chi connectivity index (χ2n) is 8.43. The number of anilines is 2. The minimum Gasteiger partial charge on any atom is -0.319 e. The Morgan fingerprint density at radius 1 is 0.939 bits per heavy atom. The summed E-state index contributed by atoms with van der Waals surface area (Å²) < 4.78 is 0. The molecule has 3 aromatic rings. The minimum absolute atomic E-state index is 0.155. The number of hydrogen-bond donors (Lipinski definition) is 1. The average Bonchev–Trinajstić information content (AvgIpc) is 3.04. The highest BCUT2D eigenvalue weighted by molar-refractivity contribution is 6.14. The second-order valence-corrected chi connectivity index (χ2v) is 8.43. The van der Waals surface area contributed by atoms with Crippen LogP contribution in [-0.2, 0) is 19.9 Å². The maximum absolute atomic E-state index is 13.4. The van der Waals surface area contributed by atoms with Gasteiger partial charge in [-0.05, 0) is 41.5 Å². The lowest BCUT2D eigenvalue weighted by molar-refractivity contribution is -0.134. The van der Waals surface area contributed by atoms with Crippen molar-refractivity contribution < 1.29 is 19.2 Å². The number of nitrogens with zero attached hydrogens (tertiary/aromatic N) is 3. The quantitative estimate of drug-likeness (QED) is 0.632. The number of amides is 5. The number of hydrogen-bond acceptors (Lipinski definition) is 4. The van der Waals surface area contributed by atoms with Gasteiger partial charge in [0.15, 0.2) is 0 Å². The molecule has 2 aliphatic heterocycles. The Morgan fingerprint density at radius 3 is 2.36 bits per heavy atom. The number of rotatable bonds is 3. The molecule has 1 saturated heterocycles. The van der Waals surface area contributed by atoms with Crippen LogP contribution in [-0.4, -0.2) is 48.8 Å². The third-order valence-corrected chi connectivity index (χ3v) is 6.40. The smallest absolute Gasteiger partial charge is 0.319 e. The lowest BCUT2D eigenvalue weighted by atomic mass is 9.90. The van der Waals surface area contributed by atoms with E-state index in [0.717, 1.165) is 15.7 Å². The van der Waals surface area contributed by atoms with E-state index >= 15 is 0 Å². The van der Waals surface area contributed by atoms with Crippen LogP contribution in [0.5, 0.6) is 0 Å². The van der Waals surface area contributed by atoms with E-state index in [1.807, 2.05) is 36.4 Å². The van der Waals surface area contributed by atoms with Crippen LogP contribution in [0.2, 0.25) is 0 Å². The van der Waals surface area contributed by atoms with Crippen LogP contribution in [0.25, 0.3) is 10.8 Å². The minimum atomic E-state index is -1.29. The van der Waals surface area contributed by atoms with Crippen molar-refractivity contribution >= 4 is 45.9 Å². The Kier molecular flexibility index (Phi) is 4.67. The van der Waals surface area contributed by atoms with Crippen LogP contribution in [0.1, 0.15) is 12.5 Å². The van der Waals surface area contributed by atoms with Crippen molar-refractivity contribution in [1.29, 1.82) is 0 Å². The van der Waals surface area contributed by atoms with Gasteiger partial charge in [0.25, 0.3) is 5.91 Å². The molecular weight excluding hydrogens is 420 g/mol. The van der Waals surface area contributed by atoms with E-state index in [-0.39, 0.29) is 12.5 Å². The molecule has 0 aromatic heterocycles. The molecule has 5 rings (SSSR count). The van der Waals surface area contributed by atoms with E-state index in [1.54, 1.807) is 44.3 Å². The molecular formula is C25H22N4O4. The van der Waals surface area contributed by atoms with Crippen molar-refractivity contribution in [2.75, 3.05) is 29.9 Å². The third-order valence-electron chi connectivity index (χ3n) is 6.40. The van der Waals surface area contributed by atoms with Crippen molar-refractivity contribution in [3.63, 3.8) is 0 Å². The molecule has 0 spiro atoms. The van der Waals surface area contributed by atoms with Crippen molar-refractivity contribution in [2.45, 2.75) is 12.5 Å². The Hall–Kier alpha value is -4.20. The fourth-order valence-electron chi connectivity index (χ4n) is 4.42. The summed E-state index contributed by atoms with van der Waals surface area (Å²) in [6.45, 7) is 1.02. The monoisotopic (exact) mass is 442 g/mol. The average molecular weight is 442 g/mol. The van der Waals surface area contributed by atoms with Gasteiger partial charge in [-0.15, -0.1) is 0 Å². The van der Waals surface area contributed by atoms with Crippen molar-refractivity contribution in [1.82, 2.24) is 10.2 Å². The van der Waals surface area contributed by atoms with Gasteiger partial charge in [0.2, 0.25) is 11.8 Å². The van der Waals surface area contributed by atoms with Crippen LogP contribution >= 0.6 is 0 Å². The maximum Gasteiger partial charge on any atom is 0.325 e. The van der Waals surface area contributed by atoms with Crippen LogP contribution in [0.15, 0.2) is 66.7 Å². The summed E-state index contributed by atoms with van der Waals surface area (Å²) in [6, 6.07) is 19.7. The fourth-order valence-corrected chi connectivity index (χ4v) is 4.42. The standard InChI is InChI=1S/C25H22N4O4/c1-25(18-12-11-16-7-3-4-8-17(16)13-18)23(32)29(24(33)26-25)15-22(31)28-14-21(30)27(2)19-9-5-6-10-20(19)28/h3-13H,14-15H2,1-2H3,(H,26,33). The molecule has 8 nitrogen and oxygen atoms in total. The van der Waals surface area contributed by atoms with E-state index in [2.05, 4.69) is 5.32 Å². The Labute approximate surface area is 190 Å². The highest BCUT2D eigenvalue weighted by atomic mass is 16.2. The van der Waals surface area contributed by atoms with Gasteiger partial charge in [-0.25, -0.2) is 4.79 Å². The van der Waals surface area contributed by atoms with Gasteiger partial charge in [0, 0.05) is 7.05 Å². The molecule has 0 aliphatic carbocycles. The van der Waals surface area contributed by atoms with Crippen molar-refractivity contribution in [3.8, 4) is 0 Å². The molecule has 166 valence electrons. The number of imide groups is 1. The van der Waals surface area contributed by atoms with E-state index < -0.39 is 29.9 Å². The summed E-state index contributed by atoms with van der Waals surface area (Å²) in [5, 5.41) is 4.71. The molecule has 2 heterocycles. The van der Waals surface area contributed by atoms with E-state index in [1.165, 1.54) is 9.80 Å². The van der Waals surface area contributed by atoms with Crippen molar-refractivity contribution in [2.24, 2.45) is 0 Å². The first-order valence-electron chi connectivity index (χ1n) is 10.6. The number of likely N-dealkylation sites (N-methyl/N-ethyl adjacent to an activating group) is 1. The van der Waals surface area contributed by atoms with Crippen LogP contribution in [0.4, 0.5) is 16.2 Å². The summed E-state index contributed by atoms with van der Waals surface area (Å²) in [5.41, 5.74) is 0.501. The summed E-state index contributed by atoms with van der Waals surface area (Å²) in [6.07, 6.45) is 0. The summed E-state index contributed by atoms with van der Waals surface area (Å²) >= 11 is 0. The number of benzene rings is 3. The number of carbonyl (C=O) groups is 4. The van der Waals surface area contributed by atoms with Gasteiger partial charge in [0.05, 0.1) is 11.4 Å². The Bertz CT molecular complexity index is 1340. The number of fused-ring (bicyclic) bond motifs is 2. The highest BCUT2D eigenvalue weighted by Crippen LogP contribution is 2.34. The molecule has 5 amide bonds. The molecule has 0 bridgehead atoms. The van der Waals surface area contributed by atoms with Gasteiger partial charge < -0.3 is 10.2 Å². The van der Waals surface area contributed by atoms with Crippen LogP contribution < -0.4 is 15.1 Å². The first-order chi connectivity index (χ1) is 15.8. The lowest BCUT2D eigenvalue weighted by Crippen LogP contribution is -2.50. The Morgan fingerprint density at radius 2 is 1.61 bits per heavy atom. The first kappa shape index (κ1) is 20.7. The van der Waals surface area contributed by atoms with Crippen LogP contribution in [0.3, 0.4) is 0 Å². The first-order valence-corrected chi connectivity index (χ1v) is 10.6. The predicted octanol–water partition coefficient (Wildman–Crippen LogP) is 2.62. The SMILES string of the molecule is CN1C(=O)CN(C(=O)CN2C(=O)NC(C)(c3ccc4ccccc4c3)C2=O)c2ccccc21. The predicted molar refractivity (Wildman–Crippen MR) is 124 cm³/mol. The normalized spacial score (nSPS) is 20.3. The molecule has 33 heavy (non-hydrogen) atoms. The second kappa shape index (κ2) is 7.44. The van der Waals surface area contributed by atoms with E-state index in [0.29, 0.717) is 16.9 Å². The number of para-hydroxylation sites is 2. The summed E-state index contributed by atoms with van der Waals surface area (Å²) in [4.78, 5) is 55.4. The highest BCUT2D eigenvalue weighted by Gasteiger charge is 2.50. The molecule has 8 heteroatoms. The maximum atomic E-state index is 13.4. The molecule has 2 aliphatic rings. The van der Waals surface area contributed by atoms with Crippen LogP contribution in [0, 0.1) is 0 Å². The fraction of sp³-hybridized carbons (Fsp3) is 0.200. The largest absolute Gasteiger partial charge is 0.325 e. The lowest BCUT2D eigenvalue weighted by Gasteiger charge is -2.34. The Balaban J connectivity index is 1.42.